The Balaban J connectivity index is 1.83. The Hall–Kier alpha value is -1.80. The lowest BCUT2D eigenvalue weighted by Gasteiger charge is -2.12. The molecule has 0 saturated heterocycles. The van der Waals surface area contributed by atoms with Gasteiger partial charge in [-0.3, -0.25) is 14.9 Å². The number of aromatic nitrogens is 2. The Morgan fingerprint density at radius 3 is 2.64 bits per heavy atom. The predicted octanol–water partition coefficient (Wildman–Crippen LogP) is 1.89. The van der Waals surface area contributed by atoms with E-state index in [2.05, 4.69) is 20.8 Å². The van der Waals surface area contributed by atoms with Crippen LogP contribution in [0.3, 0.4) is 0 Å². The average molecular weight is 468 g/mol. The van der Waals surface area contributed by atoms with Gasteiger partial charge in [0.05, 0.1) is 23.6 Å². The zero-order chi connectivity index (χ0) is 20.9. The third kappa shape index (κ3) is 6.98. The van der Waals surface area contributed by atoms with Gasteiger partial charge in [0, 0.05) is 12.7 Å². The number of nitrogens with one attached hydrogen (secondary N) is 2. The fraction of sp³-hybridized carbons (Fsp3) is 0.286. The molecule has 0 unspecified atom stereocenters. The van der Waals surface area contributed by atoms with Crippen LogP contribution in [0.2, 0.25) is 5.02 Å². The first-order chi connectivity index (χ1) is 13.0. The van der Waals surface area contributed by atoms with Gasteiger partial charge < -0.3 is 5.32 Å². The van der Waals surface area contributed by atoms with E-state index >= 15 is 0 Å². The summed E-state index contributed by atoms with van der Waals surface area (Å²) in [6.07, 6.45) is 0.991. The maximum Gasteiger partial charge on any atom is 0.241 e. The summed E-state index contributed by atoms with van der Waals surface area (Å²) < 4.78 is 37.0. The molecule has 1 heterocycles. The summed E-state index contributed by atoms with van der Waals surface area (Å²) >= 11 is 7.78. The van der Waals surface area contributed by atoms with Crippen molar-refractivity contribution in [1.82, 2.24) is 14.5 Å². The summed E-state index contributed by atoms with van der Waals surface area (Å²) in [5.74, 6) is -1.50. The molecule has 0 saturated carbocycles. The van der Waals surface area contributed by atoms with E-state index in [9.17, 15) is 22.4 Å². The van der Waals surface area contributed by atoms with E-state index in [0.29, 0.717) is 10.0 Å². The minimum absolute atomic E-state index is 0.00832. The number of amides is 2. The van der Waals surface area contributed by atoms with Crippen LogP contribution in [0.15, 0.2) is 22.5 Å². The van der Waals surface area contributed by atoms with E-state index < -0.39 is 21.7 Å². The normalized spacial score (nSPS) is 11.5. The number of carbonyl (C=O) groups excluding carboxylic acids is 2. The molecule has 152 valence electrons. The molecule has 0 fully saturated rings. The minimum atomic E-state index is -3.47. The minimum Gasteiger partial charge on any atom is -0.325 e. The Bertz CT molecular complexity index is 985. The summed E-state index contributed by atoms with van der Waals surface area (Å²) in [5.41, 5.74) is 0.359. The average Bonchev–Trinajstić information content (AvgIpc) is 3.02. The van der Waals surface area contributed by atoms with Crippen molar-refractivity contribution in [1.29, 1.82) is 0 Å². The lowest BCUT2D eigenvalue weighted by atomic mass is 10.3. The molecule has 0 aliphatic carbocycles. The number of benzene rings is 1. The SMILES string of the molecule is CN(CC(=O)Nc1nnc(SCC(=O)Nc2ccc(F)c(Cl)c2)s1)S(C)(=O)=O. The van der Waals surface area contributed by atoms with Gasteiger partial charge in [-0.15, -0.1) is 10.2 Å². The standard InChI is InChI=1S/C14H15ClFN5O4S3/c1-21(28(2,24)25)6-11(22)18-13-19-20-14(27-13)26-7-12(23)17-8-3-4-10(16)9(15)5-8/h3-5H,6-7H2,1-2H3,(H,17,23)(H,18,19,22). The topological polar surface area (TPSA) is 121 Å². The highest BCUT2D eigenvalue weighted by Crippen LogP contribution is 2.26. The second-order valence-electron chi connectivity index (χ2n) is 5.41. The first-order valence-corrected chi connectivity index (χ1v) is 11.5. The molecule has 2 rings (SSSR count). The van der Waals surface area contributed by atoms with Crippen molar-refractivity contribution in [3.05, 3.63) is 29.0 Å². The number of rotatable bonds is 8. The Morgan fingerprint density at radius 1 is 1.29 bits per heavy atom. The van der Waals surface area contributed by atoms with E-state index in [1.165, 1.54) is 19.2 Å². The number of halogens is 2. The molecule has 1 aromatic heterocycles. The van der Waals surface area contributed by atoms with E-state index in [0.717, 1.165) is 39.7 Å². The monoisotopic (exact) mass is 467 g/mol. The van der Waals surface area contributed by atoms with Crippen molar-refractivity contribution in [3.8, 4) is 0 Å². The molecule has 14 heteroatoms. The van der Waals surface area contributed by atoms with Crippen molar-refractivity contribution in [3.63, 3.8) is 0 Å². The van der Waals surface area contributed by atoms with Gasteiger partial charge in [0.2, 0.25) is 27.0 Å². The summed E-state index contributed by atoms with van der Waals surface area (Å²) in [5, 5.41) is 12.7. The quantitative estimate of drug-likeness (QED) is 0.449. The van der Waals surface area contributed by atoms with Crippen LogP contribution in [0, 0.1) is 5.82 Å². The highest BCUT2D eigenvalue weighted by Gasteiger charge is 2.17. The second kappa shape index (κ2) is 9.60. The van der Waals surface area contributed by atoms with Crippen LogP contribution in [0.1, 0.15) is 0 Å². The molecule has 0 aliphatic heterocycles. The third-order valence-corrected chi connectivity index (χ3v) is 6.64. The fourth-order valence-corrected chi connectivity index (χ4v) is 3.80. The maximum atomic E-state index is 13.1. The zero-order valence-electron chi connectivity index (χ0n) is 14.6. The number of thioether (sulfide) groups is 1. The molecule has 2 amide bonds. The first-order valence-electron chi connectivity index (χ1n) is 7.47. The highest BCUT2D eigenvalue weighted by atomic mass is 35.5. The largest absolute Gasteiger partial charge is 0.325 e. The van der Waals surface area contributed by atoms with Gasteiger partial charge in [-0.05, 0) is 18.2 Å². The van der Waals surface area contributed by atoms with Gasteiger partial charge in [-0.25, -0.2) is 12.8 Å². The van der Waals surface area contributed by atoms with Gasteiger partial charge in [0.15, 0.2) is 4.34 Å². The number of hydrogen-bond donors (Lipinski definition) is 2. The van der Waals surface area contributed by atoms with Gasteiger partial charge in [-0.1, -0.05) is 34.7 Å². The van der Waals surface area contributed by atoms with Crippen molar-refractivity contribution in [2.75, 3.05) is 36.2 Å². The molecular formula is C14H15ClFN5O4S3. The van der Waals surface area contributed by atoms with Crippen LogP contribution < -0.4 is 10.6 Å². The van der Waals surface area contributed by atoms with Gasteiger partial charge in [-0.2, -0.15) is 4.31 Å². The molecule has 9 nitrogen and oxygen atoms in total. The van der Waals surface area contributed by atoms with E-state index in [1.807, 2.05) is 0 Å². The lowest BCUT2D eigenvalue weighted by molar-refractivity contribution is -0.116. The molecule has 2 N–H and O–H groups in total. The number of carbonyl (C=O) groups is 2. The predicted molar refractivity (Wildman–Crippen MR) is 107 cm³/mol. The van der Waals surface area contributed by atoms with Crippen LogP contribution in [0.25, 0.3) is 0 Å². The fourth-order valence-electron chi connectivity index (χ4n) is 1.70. The number of nitrogens with zero attached hydrogens (tertiary/aromatic N) is 3. The molecule has 1 aromatic carbocycles. The number of anilines is 2. The highest BCUT2D eigenvalue weighted by molar-refractivity contribution is 8.01. The summed E-state index contributed by atoms with van der Waals surface area (Å²) in [4.78, 5) is 23.8. The van der Waals surface area contributed by atoms with Crippen LogP contribution >= 0.6 is 34.7 Å². The van der Waals surface area contributed by atoms with Crippen LogP contribution in [0.5, 0.6) is 0 Å². The Morgan fingerprint density at radius 2 is 2.00 bits per heavy atom. The van der Waals surface area contributed by atoms with Crippen molar-refractivity contribution in [2.24, 2.45) is 0 Å². The molecule has 0 atom stereocenters. The smallest absolute Gasteiger partial charge is 0.241 e. The lowest BCUT2D eigenvalue weighted by Crippen LogP contribution is -2.34. The van der Waals surface area contributed by atoms with Crippen molar-refractivity contribution in [2.45, 2.75) is 4.34 Å². The molecule has 0 bridgehead atoms. The van der Waals surface area contributed by atoms with E-state index in [4.69, 9.17) is 11.6 Å². The Labute approximate surface area is 173 Å². The number of hydrogen-bond acceptors (Lipinski definition) is 8. The van der Waals surface area contributed by atoms with Crippen LogP contribution in [0.4, 0.5) is 15.2 Å². The maximum absolute atomic E-state index is 13.1. The summed E-state index contributed by atoms with van der Waals surface area (Å²) in [7, 11) is -2.19. The van der Waals surface area contributed by atoms with E-state index in [1.54, 1.807) is 0 Å². The van der Waals surface area contributed by atoms with Crippen molar-refractivity contribution >= 4 is 67.4 Å². The zero-order valence-corrected chi connectivity index (χ0v) is 17.8. The molecule has 2 aromatic rings. The number of likely N-dealkylation sites (N-methyl/N-ethyl adjacent to an activating group) is 1. The molecular weight excluding hydrogens is 453 g/mol. The van der Waals surface area contributed by atoms with Crippen molar-refractivity contribution < 1.29 is 22.4 Å². The van der Waals surface area contributed by atoms with Gasteiger partial charge in [0.25, 0.3) is 0 Å². The molecule has 0 spiro atoms. The summed E-state index contributed by atoms with van der Waals surface area (Å²) in [6, 6.07) is 3.83. The third-order valence-electron chi connectivity index (χ3n) is 3.12. The number of sulfonamides is 1. The van der Waals surface area contributed by atoms with Gasteiger partial charge >= 0.3 is 0 Å². The molecule has 0 radical (unpaired) electrons. The van der Waals surface area contributed by atoms with Crippen LogP contribution in [-0.2, 0) is 19.6 Å². The Kier molecular flexibility index (Phi) is 7.71. The molecule has 28 heavy (non-hydrogen) atoms. The van der Waals surface area contributed by atoms with Gasteiger partial charge in [0.1, 0.15) is 5.82 Å². The van der Waals surface area contributed by atoms with E-state index in [-0.39, 0.29) is 28.4 Å². The van der Waals surface area contributed by atoms with Crippen LogP contribution in [-0.4, -0.2) is 60.3 Å². The first kappa shape index (κ1) is 22.5. The second-order valence-corrected chi connectivity index (χ2v) is 10.1. The summed E-state index contributed by atoms with van der Waals surface area (Å²) in [6.45, 7) is -0.358. The molecule has 0 aliphatic rings.